The average molecular weight is 1520 g/mol. The standard InChI is InChI=1S/C16H10Br2O2.C11H5Cl2NO2.C11H6FNO2.C10H4Br2O4.C9H4Br2O3/c1-9-12-7-11(17)8-13(18)15(12)20-16(19)14(9)10-5-3-2-4-6-10;1-5-6-2-8(12)9(13)3-10(6)16-11(15)7(5)4-14;1-6-8-4-7(12)2-3-10(8)15-11(14)9(6)5-13;11-5-1-4-2-6(9(13)14)10(15)16-8(4)7(12)3-5;10-4-1-5-7(12)3-8(13)14-9(5)6(11)2-4/h2-8H,1H3;2-3H,1H3;2-4H,1H3;1-3H,(H,13,14);1-3,12H. The second kappa shape index (κ2) is 26.3. The van der Waals surface area contributed by atoms with Gasteiger partial charge in [-0.05, 0) is 158 Å². The van der Waals surface area contributed by atoms with E-state index in [2.05, 4.69) is 95.6 Å². The van der Waals surface area contributed by atoms with Gasteiger partial charge in [0.15, 0.2) is 16.7 Å². The van der Waals surface area contributed by atoms with Crippen molar-refractivity contribution in [2.75, 3.05) is 0 Å². The molecule has 0 bridgehead atoms. The average Bonchev–Trinajstić information content (AvgIpc) is 3.43. The zero-order chi connectivity index (χ0) is 59.3. The maximum absolute atomic E-state index is 13.0. The van der Waals surface area contributed by atoms with E-state index in [1.54, 1.807) is 50.2 Å². The van der Waals surface area contributed by atoms with Crippen LogP contribution in [0.1, 0.15) is 38.2 Å². The van der Waals surface area contributed by atoms with E-state index in [9.17, 15) is 38.3 Å². The number of hydrogen-bond donors (Lipinski definition) is 2. The van der Waals surface area contributed by atoms with Crippen molar-refractivity contribution >= 4 is 180 Å². The highest BCUT2D eigenvalue weighted by molar-refractivity contribution is 9.11. The first-order valence-corrected chi connectivity index (χ1v) is 28.0. The number of nitriles is 2. The van der Waals surface area contributed by atoms with E-state index in [1.807, 2.05) is 55.5 Å². The van der Waals surface area contributed by atoms with Crippen LogP contribution in [0.25, 0.3) is 66.0 Å². The molecule has 81 heavy (non-hydrogen) atoms. The molecule has 0 saturated heterocycles. The number of aryl methyl sites for hydroxylation is 3. The molecule has 0 radical (unpaired) electrons. The summed E-state index contributed by atoms with van der Waals surface area (Å²) in [5, 5.41) is 39.5. The molecule has 0 amide bonds. The number of fused-ring (bicyclic) bond motifs is 5. The van der Waals surface area contributed by atoms with Gasteiger partial charge in [-0.3, -0.25) is 0 Å². The van der Waals surface area contributed by atoms with Crippen LogP contribution in [-0.4, -0.2) is 16.2 Å². The van der Waals surface area contributed by atoms with E-state index >= 15 is 0 Å². The Labute approximate surface area is 514 Å². The summed E-state index contributed by atoms with van der Waals surface area (Å²) in [5.41, 5.74) is 1.72. The first-order chi connectivity index (χ1) is 38.3. The van der Waals surface area contributed by atoms with E-state index in [1.165, 1.54) is 30.3 Å². The molecule has 0 fully saturated rings. The van der Waals surface area contributed by atoms with E-state index in [0.717, 1.165) is 40.5 Å². The molecule has 0 aliphatic carbocycles. The lowest BCUT2D eigenvalue weighted by atomic mass is 10.00. The van der Waals surface area contributed by atoms with Gasteiger partial charge in [0.1, 0.15) is 51.6 Å². The molecule has 5 aromatic heterocycles. The number of halogens is 9. The molecule has 6 aromatic carbocycles. The van der Waals surface area contributed by atoms with E-state index in [-0.39, 0.29) is 33.6 Å². The van der Waals surface area contributed by atoms with Gasteiger partial charge in [0.25, 0.3) is 0 Å². The smallest absolute Gasteiger partial charge is 0.354 e. The number of aromatic carboxylic acids is 1. The molecule has 15 nitrogen and oxygen atoms in total. The van der Waals surface area contributed by atoms with Crippen molar-refractivity contribution in [1.82, 2.24) is 0 Å². The van der Waals surface area contributed by atoms with Gasteiger partial charge in [0.05, 0.1) is 40.5 Å². The van der Waals surface area contributed by atoms with Crippen molar-refractivity contribution in [1.29, 1.82) is 10.5 Å². The predicted molar refractivity (Wildman–Crippen MR) is 326 cm³/mol. The van der Waals surface area contributed by atoms with Gasteiger partial charge in [-0.2, -0.15) is 10.5 Å². The second-order valence-electron chi connectivity index (χ2n) is 16.7. The Hall–Kier alpha value is -6.99. The molecular formula is C57H29Br6Cl2FN2O13. The van der Waals surface area contributed by atoms with Gasteiger partial charge < -0.3 is 32.3 Å². The molecule has 2 N–H and O–H groups in total. The van der Waals surface area contributed by atoms with Gasteiger partial charge in [0, 0.05) is 41.0 Å². The van der Waals surface area contributed by atoms with Crippen molar-refractivity contribution in [3.8, 4) is 29.0 Å². The Bertz CT molecular complexity index is 4780. The Morgan fingerprint density at radius 2 is 1.04 bits per heavy atom. The molecule has 11 rings (SSSR count). The van der Waals surface area contributed by atoms with E-state index < -0.39 is 34.3 Å². The van der Waals surface area contributed by atoms with Crippen LogP contribution >= 0.6 is 119 Å². The fraction of sp³-hybridized carbons (Fsp3) is 0.0526. The molecule has 11 aromatic rings. The van der Waals surface area contributed by atoms with Crippen LogP contribution in [0.3, 0.4) is 0 Å². The van der Waals surface area contributed by atoms with Crippen LogP contribution in [0.15, 0.2) is 182 Å². The van der Waals surface area contributed by atoms with Gasteiger partial charge >= 0.3 is 34.1 Å². The fourth-order valence-electron chi connectivity index (χ4n) is 7.72. The molecule has 0 spiro atoms. The minimum Gasteiger partial charge on any atom is -0.507 e. The molecular weight excluding hydrogens is 1490 g/mol. The SMILES string of the molecule is Cc1c(-c2ccccc2)c(=O)oc2c(Br)cc(Br)cc12.Cc1c(C#N)c(=O)oc2cc(Cl)c(Cl)cc12.Cc1c(C#N)c(=O)oc2ccc(F)cc12.O=C(O)c1cc2cc(Br)cc(Br)c2oc1=O.O=c1cc(O)c2cc(Br)cc(Br)c2o1. The molecule has 0 saturated carbocycles. The minimum atomic E-state index is -1.30. The van der Waals surface area contributed by atoms with E-state index in [0.29, 0.717) is 79.6 Å². The molecule has 0 aliphatic heterocycles. The minimum absolute atomic E-state index is 0.00844. The van der Waals surface area contributed by atoms with Crippen LogP contribution in [0.2, 0.25) is 10.0 Å². The summed E-state index contributed by atoms with van der Waals surface area (Å²) in [5.74, 6) is -1.81. The number of hydrogen-bond acceptors (Lipinski definition) is 14. The summed E-state index contributed by atoms with van der Waals surface area (Å²) in [6.45, 7) is 5.21. The highest BCUT2D eigenvalue weighted by atomic mass is 79.9. The lowest BCUT2D eigenvalue weighted by molar-refractivity contribution is 0.0692. The van der Waals surface area contributed by atoms with Gasteiger partial charge in [0.2, 0.25) is 0 Å². The topological polar surface area (TPSA) is 256 Å². The quantitative estimate of drug-likeness (QED) is 0.153. The highest BCUT2D eigenvalue weighted by Crippen LogP contribution is 2.35. The number of carboxylic acid groups (broad SMARTS) is 1. The first-order valence-electron chi connectivity index (χ1n) is 22.5. The third kappa shape index (κ3) is 14.0. The first kappa shape index (κ1) is 61.6. The van der Waals surface area contributed by atoms with Crippen molar-refractivity contribution in [3.63, 3.8) is 0 Å². The highest BCUT2D eigenvalue weighted by Gasteiger charge is 2.18. The number of carbonyl (C=O) groups is 1. The van der Waals surface area contributed by atoms with Crippen molar-refractivity contribution in [3.05, 3.63) is 237 Å². The van der Waals surface area contributed by atoms with Gasteiger partial charge in [-0.15, -0.1) is 0 Å². The summed E-state index contributed by atoms with van der Waals surface area (Å²) >= 11 is 31.6. The summed E-state index contributed by atoms with van der Waals surface area (Å²) in [4.78, 5) is 68.1. The zero-order valence-electron chi connectivity index (χ0n) is 41.1. The van der Waals surface area contributed by atoms with E-state index in [4.69, 9.17) is 60.9 Å². The predicted octanol–water partition coefficient (Wildman–Crippen LogP) is 16.7. The molecule has 0 aliphatic rings. The van der Waals surface area contributed by atoms with Crippen LogP contribution < -0.4 is 28.1 Å². The number of benzene rings is 6. The Kier molecular flexibility index (Phi) is 20.0. The summed E-state index contributed by atoms with van der Waals surface area (Å²) in [6.07, 6.45) is 0. The number of rotatable bonds is 2. The molecule has 408 valence electrons. The normalized spacial score (nSPS) is 10.6. The van der Waals surface area contributed by atoms with Crippen LogP contribution in [0.4, 0.5) is 4.39 Å². The zero-order valence-corrected chi connectivity index (χ0v) is 52.1. The van der Waals surface area contributed by atoms with Crippen LogP contribution in [0.5, 0.6) is 5.75 Å². The number of nitrogens with zero attached hydrogens (tertiary/aromatic N) is 2. The number of aromatic hydroxyl groups is 1. The Morgan fingerprint density at radius 3 is 1.62 bits per heavy atom. The molecule has 24 heteroatoms. The summed E-state index contributed by atoms with van der Waals surface area (Å²) < 4.78 is 42.6. The fourth-order valence-corrected chi connectivity index (χ4v) is 12.0. The number of carboxylic acids is 1. The maximum Gasteiger partial charge on any atom is 0.354 e. The monoisotopic (exact) mass is 1510 g/mol. The van der Waals surface area contributed by atoms with Crippen molar-refractivity contribution in [2.24, 2.45) is 0 Å². The molecule has 5 heterocycles. The summed E-state index contributed by atoms with van der Waals surface area (Å²) in [6, 6.07) is 33.0. The molecule has 0 atom stereocenters. The third-order valence-electron chi connectivity index (χ3n) is 11.5. The van der Waals surface area contributed by atoms with Crippen LogP contribution in [0, 0.1) is 49.3 Å². The maximum atomic E-state index is 13.0. The van der Waals surface area contributed by atoms with Crippen molar-refractivity contribution in [2.45, 2.75) is 20.8 Å². The van der Waals surface area contributed by atoms with Gasteiger partial charge in [-0.25, -0.2) is 33.2 Å². The largest absolute Gasteiger partial charge is 0.507 e. The Morgan fingerprint density at radius 1 is 0.531 bits per heavy atom. The van der Waals surface area contributed by atoms with Crippen molar-refractivity contribution < 1.29 is 41.5 Å². The molecule has 0 unspecified atom stereocenters. The lowest BCUT2D eigenvalue weighted by Crippen LogP contribution is -2.12. The third-order valence-corrected chi connectivity index (χ3v) is 15.4. The second-order valence-corrected chi connectivity index (χ2v) is 22.8. The van der Waals surface area contributed by atoms with Crippen LogP contribution in [-0.2, 0) is 0 Å². The Balaban J connectivity index is 0.000000147. The van der Waals surface area contributed by atoms with Gasteiger partial charge in [-0.1, -0.05) is 101 Å². The summed E-state index contributed by atoms with van der Waals surface area (Å²) in [7, 11) is 0. The lowest BCUT2D eigenvalue weighted by Gasteiger charge is -2.09.